The minimum atomic E-state index is -0.494. The maximum atomic E-state index is 12.8. The van der Waals surface area contributed by atoms with Gasteiger partial charge in [-0.3, -0.25) is 4.79 Å². The van der Waals surface area contributed by atoms with E-state index in [1.807, 2.05) is 31.2 Å². The highest BCUT2D eigenvalue weighted by Gasteiger charge is 2.32. The predicted molar refractivity (Wildman–Crippen MR) is 105 cm³/mol. The lowest BCUT2D eigenvalue weighted by molar-refractivity contribution is -0.135. The molecule has 0 radical (unpaired) electrons. The van der Waals surface area contributed by atoms with Gasteiger partial charge >= 0.3 is 5.97 Å². The van der Waals surface area contributed by atoms with Crippen molar-refractivity contribution in [2.45, 2.75) is 25.8 Å². The largest absolute Gasteiger partial charge is 0.497 e. The standard InChI is InChI=1S/C22H25NO5/c1-15-6-4-7-16(12-15)22(25)28-14-21(24)23-11-5-8-19(23)18-13-17(26-2)9-10-20(18)27-3/h4,6-7,9-10,12-13,19H,5,8,11,14H2,1-3H3/t19-/m0/s1. The van der Waals surface area contributed by atoms with Gasteiger partial charge in [0.15, 0.2) is 6.61 Å². The summed E-state index contributed by atoms with van der Waals surface area (Å²) >= 11 is 0. The zero-order valence-corrected chi connectivity index (χ0v) is 16.4. The maximum Gasteiger partial charge on any atom is 0.338 e. The highest BCUT2D eigenvalue weighted by Crippen LogP contribution is 2.38. The van der Waals surface area contributed by atoms with Gasteiger partial charge in [-0.1, -0.05) is 17.7 Å². The third-order valence-corrected chi connectivity index (χ3v) is 4.95. The van der Waals surface area contributed by atoms with Crippen LogP contribution in [0.15, 0.2) is 42.5 Å². The number of carbonyl (C=O) groups is 2. The molecule has 1 aliphatic heterocycles. The third-order valence-electron chi connectivity index (χ3n) is 4.95. The molecule has 0 aliphatic carbocycles. The van der Waals surface area contributed by atoms with Gasteiger partial charge in [0.05, 0.1) is 25.8 Å². The lowest BCUT2D eigenvalue weighted by atomic mass is 10.0. The lowest BCUT2D eigenvalue weighted by Crippen LogP contribution is -2.34. The van der Waals surface area contributed by atoms with Gasteiger partial charge in [-0.2, -0.15) is 0 Å². The molecule has 1 aliphatic rings. The quantitative estimate of drug-likeness (QED) is 0.714. The molecular weight excluding hydrogens is 358 g/mol. The summed E-state index contributed by atoms with van der Waals surface area (Å²) in [7, 11) is 3.21. The van der Waals surface area contributed by atoms with E-state index in [2.05, 4.69) is 0 Å². The molecule has 0 spiro atoms. The molecule has 0 N–H and O–H groups in total. The van der Waals surface area contributed by atoms with Crippen LogP contribution in [0.4, 0.5) is 0 Å². The number of carbonyl (C=O) groups excluding carboxylic acids is 2. The average Bonchev–Trinajstić information content (AvgIpc) is 3.21. The number of rotatable bonds is 6. The summed E-state index contributed by atoms with van der Waals surface area (Å²) in [6, 6.07) is 12.5. The summed E-state index contributed by atoms with van der Waals surface area (Å²) < 4.78 is 16.0. The number of nitrogens with zero attached hydrogens (tertiary/aromatic N) is 1. The molecule has 2 aromatic rings. The van der Waals surface area contributed by atoms with Gasteiger partial charge in [0.1, 0.15) is 11.5 Å². The summed E-state index contributed by atoms with van der Waals surface area (Å²) in [6.45, 7) is 2.24. The SMILES string of the molecule is COc1ccc(OC)c([C@@H]2CCCN2C(=O)COC(=O)c2cccc(C)c2)c1. The molecule has 0 saturated carbocycles. The molecule has 1 heterocycles. The first-order valence-corrected chi connectivity index (χ1v) is 9.28. The first-order chi connectivity index (χ1) is 13.5. The summed E-state index contributed by atoms with van der Waals surface area (Å²) in [5, 5.41) is 0. The van der Waals surface area contributed by atoms with Crippen molar-refractivity contribution in [1.82, 2.24) is 4.90 Å². The Morgan fingerprint density at radius 1 is 1.11 bits per heavy atom. The van der Waals surface area contributed by atoms with Crippen LogP contribution in [-0.4, -0.2) is 44.1 Å². The van der Waals surface area contributed by atoms with Crippen molar-refractivity contribution in [3.05, 3.63) is 59.2 Å². The number of ether oxygens (including phenoxy) is 3. The molecule has 28 heavy (non-hydrogen) atoms. The van der Waals surface area contributed by atoms with Crippen LogP contribution < -0.4 is 9.47 Å². The second-order valence-corrected chi connectivity index (χ2v) is 6.80. The fourth-order valence-electron chi connectivity index (χ4n) is 3.55. The topological polar surface area (TPSA) is 65.1 Å². The second-order valence-electron chi connectivity index (χ2n) is 6.80. The first-order valence-electron chi connectivity index (χ1n) is 9.28. The number of methoxy groups -OCH3 is 2. The number of hydrogen-bond acceptors (Lipinski definition) is 5. The van der Waals surface area contributed by atoms with Gasteiger partial charge in [0.2, 0.25) is 0 Å². The zero-order valence-electron chi connectivity index (χ0n) is 16.4. The van der Waals surface area contributed by atoms with Gasteiger partial charge in [-0.25, -0.2) is 4.79 Å². The zero-order chi connectivity index (χ0) is 20.1. The average molecular weight is 383 g/mol. The molecule has 6 nitrogen and oxygen atoms in total. The van der Waals surface area contributed by atoms with Crippen LogP contribution >= 0.6 is 0 Å². The van der Waals surface area contributed by atoms with Crippen LogP contribution in [0.1, 0.15) is 40.4 Å². The Labute approximate surface area is 165 Å². The van der Waals surface area contributed by atoms with E-state index in [0.29, 0.717) is 23.6 Å². The van der Waals surface area contributed by atoms with E-state index in [1.54, 1.807) is 37.3 Å². The van der Waals surface area contributed by atoms with E-state index in [1.165, 1.54) is 0 Å². The lowest BCUT2D eigenvalue weighted by Gasteiger charge is -2.26. The summed E-state index contributed by atoms with van der Waals surface area (Å²) in [6.07, 6.45) is 1.70. The fraction of sp³-hybridized carbons (Fsp3) is 0.364. The van der Waals surface area contributed by atoms with E-state index in [-0.39, 0.29) is 18.6 Å². The second kappa shape index (κ2) is 8.78. The van der Waals surface area contributed by atoms with Gasteiger partial charge in [-0.05, 0) is 50.1 Å². The van der Waals surface area contributed by atoms with E-state index in [9.17, 15) is 9.59 Å². The van der Waals surface area contributed by atoms with Crippen molar-refractivity contribution in [2.75, 3.05) is 27.4 Å². The van der Waals surface area contributed by atoms with E-state index in [0.717, 1.165) is 24.0 Å². The van der Waals surface area contributed by atoms with Gasteiger partial charge in [0.25, 0.3) is 5.91 Å². The molecule has 1 atom stereocenters. The van der Waals surface area contributed by atoms with E-state index < -0.39 is 5.97 Å². The third kappa shape index (κ3) is 4.27. The monoisotopic (exact) mass is 383 g/mol. The van der Waals surface area contributed by atoms with Crippen LogP contribution in [0.3, 0.4) is 0 Å². The minimum Gasteiger partial charge on any atom is -0.497 e. The first kappa shape index (κ1) is 19.7. The summed E-state index contributed by atoms with van der Waals surface area (Å²) in [5.74, 6) is 0.711. The fourth-order valence-corrected chi connectivity index (χ4v) is 3.55. The Balaban J connectivity index is 1.70. The van der Waals surface area contributed by atoms with Crippen molar-refractivity contribution in [2.24, 2.45) is 0 Å². The predicted octanol–water partition coefficient (Wildman–Crippen LogP) is 3.53. The minimum absolute atomic E-state index is 0.129. The Kier molecular flexibility index (Phi) is 6.19. The maximum absolute atomic E-state index is 12.8. The molecular formula is C22H25NO5. The number of amides is 1. The van der Waals surface area contributed by atoms with E-state index in [4.69, 9.17) is 14.2 Å². The van der Waals surface area contributed by atoms with E-state index >= 15 is 0 Å². The van der Waals surface area contributed by atoms with Crippen molar-refractivity contribution >= 4 is 11.9 Å². The van der Waals surface area contributed by atoms with Crippen LogP contribution in [0.25, 0.3) is 0 Å². The number of benzene rings is 2. The molecule has 6 heteroatoms. The van der Waals surface area contributed by atoms with Crippen molar-refractivity contribution in [3.63, 3.8) is 0 Å². The highest BCUT2D eigenvalue weighted by atomic mass is 16.5. The molecule has 2 aromatic carbocycles. The highest BCUT2D eigenvalue weighted by molar-refractivity contribution is 5.91. The molecule has 0 bridgehead atoms. The molecule has 0 unspecified atom stereocenters. The van der Waals surface area contributed by atoms with Crippen molar-refractivity contribution in [3.8, 4) is 11.5 Å². The van der Waals surface area contributed by atoms with Crippen LogP contribution in [-0.2, 0) is 9.53 Å². The van der Waals surface area contributed by atoms with Crippen LogP contribution in [0.5, 0.6) is 11.5 Å². The summed E-state index contributed by atoms with van der Waals surface area (Å²) in [4.78, 5) is 26.7. The Hall–Kier alpha value is -3.02. The smallest absolute Gasteiger partial charge is 0.338 e. The van der Waals surface area contributed by atoms with Crippen LogP contribution in [0, 0.1) is 6.92 Å². The number of likely N-dealkylation sites (tertiary alicyclic amines) is 1. The number of esters is 1. The number of hydrogen-bond donors (Lipinski definition) is 0. The van der Waals surface area contributed by atoms with Gasteiger partial charge in [-0.15, -0.1) is 0 Å². The Bertz CT molecular complexity index is 864. The molecule has 1 amide bonds. The van der Waals surface area contributed by atoms with Crippen LogP contribution in [0.2, 0.25) is 0 Å². The van der Waals surface area contributed by atoms with Crippen molar-refractivity contribution in [1.29, 1.82) is 0 Å². The Morgan fingerprint density at radius 3 is 2.64 bits per heavy atom. The molecule has 3 rings (SSSR count). The Morgan fingerprint density at radius 2 is 1.93 bits per heavy atom. The molecule has 148 valence electrons. The normalized spacial score (nSPS) is 16.0. The summed E-state index contributed by atoms with van der Waals surface area (Å²) in [5.41, 5.74) is 2.31. The van der Waals surface area contributed by atoms with Gasteiger partial charge < -0.3 is 19.1 Å². The number of aryl methyl sites for hydroxylation is 1. The molecule has 0 aromatic heterocycles. The van der Waals surface area contributed by atoms with Crippen molar-refractivity contribution < 1.29 is 23.8 Å². The van der Waals surface area contributed by atoms with Gasteiger partial charge in [0, 0.05) is 12.1 Å². The molecule has 1 saturated heterocycles. The molecule has 1 fully saturated rings.